The second-order valence-corrected chi connectivity index (χ2v) is 8.98. The van der Waals surface area contributed by atoms with Crippen LogP contribution in [0.5, 0.6) is 0 Å². The molecule has 0 aromatic heterocycles. The number of nitrogens with zero attached hydrogens (tertiary/aromatic N) is 2. The molecular weight excluding hydrogens is 354 g/mol. The monoisotopic (exact) mass is 379 g/mol. The van der Waals surface area contributed by atoms with Crippen molar-refractivity contribution in [1.29, 1.82) is 0 Å². The van der Waals surface area contributed by atoms with Crippen LogP contribution >= 0.6 is 0 Å². The molecule has 2 amide bonds. The molecule has 26 heavy (non-hydrogen) atoms. The van der Waals surface area contributed by atoms with Crippen LogP contribution in [0.1, 0.15) is 31.2 Å². The summed E-state index contributed by atoms with van der Waals surface area (Å²) in [5.74, 6) is -0.308. The first-order valence-corrected chi connectivity index (χ1v) is 10.8. The lowest BCUT2D eigenvalue weighted by atomic mass is 9.98. The van der Waals surface area contributed by atoms with Crippen molar-refractivity contribution in [3.05, 3.63) is 29.8 Å². The molecule has 7 nitrogen and oxygen atoms in total. The molecule has 2 fully saturated rings. The van der Waals surface area contributed by atoms with Crippen molar-refractivity contribution in [1.82, 2.24) is 9.62 Å². The van der Waals surface area contributed by atoms with Gasteiger partial charge in [0.25, 0.3) is 0 Å². The predicted molar refractivity (Wildman–Crippen MR) is 99.0 cm³/mol. The number of rotatable bonds is 5. The molecule has 3 rings (SSSR count). The molecule has 0 radical (unpaired) electrons. The Kier molecular flexibility index (Phi) is 5.62. The number of piperidine rings is 1. The molecule has 2 aliphatic rings. The average Bonchev–Trinajstić information content (AvgIpc) is 3.05. The molecular formula is C18H25N3O4S. The Labute approximate surface area is 154 Å². The lowest BCUT2D eigenvalue weighted by Crippen LogP contribution is -2.44. The summed E-state index contributed by atoms with van der Waals surface area (Å²) < 4.78 is 24.7. The molecule has 1 unspecified atom stereocenters. The van der Waals surface area contributed by atoms with Gasteiger partial charge in [-0.15, -0.1) is 0 Å². The number of nitrogens with one attached hydrogen (secondary N) is 1. The van der Waals surface area contributed by atoms with Crippen LogP contribution < -0.4 is 10.2 Å². The Hall–Kier alpha value is -1.93. The van der Waals surface area contributed by atoms with Gasteiger partial charge in [-0.25, -0.2) is 12.7 Å². The predicted octanol–water partition coefficient (Wildman–Crippen LogP) is 1.10. The largest absolute Gasteiger partial charge is 0.352 e. The standard InChI is InChI=1S/C18H25N3O4S/c1-26(24,25)20-9-3-6-15(13-20)18(23)19-12-14-5-2-7-16(11-14)21-10-4-8-17(21)22/h2,5,7,11,15H,3-4,6,8-10,12-13H2,1H3,(H,19,23). The molecule has 2 aliphatic heterocycles. The van der Waals surface area contributed by atoms with Crippen molar-refractivity contribution in [3.8, 4) is 0 Å². The van der Waals surface area contributed by atoms with Gasteiger partial charge in [0.15, 0.2) is 0 Å². The smallest absolute Gasteiger partial charge is 0.227 e. The van der Waals surface area contributed by atoms with Gasteiger partial charge in [-0.05, 0) is 37.0 Å². The highest BCUT2D eigenvalue weighted by Gasteiger charge is 2.30. The highest BCUT2D eigenvalue weighted by atomic mass is 32.2. The van der Waals surface area contributed by atoms with E-state index in [2.05, 4.69) is 5.32 Å². The summed E-state index contributed by atoms with van der Waals surface area (Å²) in [5.41, 5.74) is 1.78. The Bertz CT molecular complexity index is 793. The number of carbonyl (C=O) groups is 2. The van der Waals surface area contributed by atoms with Crippen molar-refractivity contribution in [2.75, 3.05) is 30.8 Å². The van der Waals surface area contributed by atoms with Crippen molar-refractivity contribution >= 4 is 27.5 Å². The molecule has 142 valence electrons. The fourth-order valence-electron chi connectivity index (χ4n) is 3.55. The first kappa shape index (κ1) is 18.8. The highest BCUT2D eigenvalue weighted by Crippen LogP contribution is 2.23. The molecule has 1 atom stereocenters. The molecule has 0 bridgehead atoms. The van der Waals surface area contributed by atoms with Crippen molar-refractivity contribution in [3.63, 3.8) is 0 Å². The summed E-state index contributed by atoms with van der Waals surface area (Å²) in [6, 6.07) is 7.62. The van der Waals surface area contributed by atoms with Crippen LogP contribution in [0.3, 0.4) is 0 Å². The van der Waals surface area contributed by atoms with E-state index in [1.54, 1.807) is 4.90 Å². The molecule has 2 saturated heterocycles. The van der Waals surface area contributed by atoms with Crippen LogP contribution in [0.15, 0.2) is 24.3 Å². The highest BCUT2D eigenvalue weighted by molar-refractivity contribution is 7.88. The Morgan fingerprint density at radius 1 is 1.27 bits per heavy atom. The van der Waals surface area contributed by atoms with Crippen molar-refractivity contribution in [2.45, 2.75) is 32.2 Å². The maximum atomic E-state index is 12.4. The number of carbonyl (C=O) groups excluding carboxylic acids is 2. The van der Waals surface area contributed by atoms with Crippen LogP contribution in [0.4, 0.5) is 5.69 Å². The summed E-state index contributed by atoms with van der Waals surface area (Å²) in [6.07, 6.45) is 4.02. The van der Waals surface area contributed by atoms with E-state index in [1.807, 2.05) is 24.3 Å². The van der Waals surface area contributed by atoms with Gasteiger partial charge >= 0.3 is 0 Å². The Morgan fingerprint density at radius 3 is 2.77 bits per heavy atom. The Morgan fingerprint density at radius 2 is 2.08 bits per heavy atom. The number of anilines is 1. The zero-order valence-corrected chi connectivity index (χ0v) is 15.8. The number of hydrogen-bond acceptors (Lipinski definition) is 4. The third-order valence-electron chi connectivity index (χ3n) is 4.99. The third-order valence-corrected chi connectivity index (χ3v) is 6.26. The number of sulfonamides is 1. The second-order valence-electron chi connectivity index (χ2n) is 7.00. The third kappa shape index (κ3) is 4.42. The molecule has 2 heterocycles. The second kappa shape index (κ2) is 7.75. The van der Waals surface area contributed by atoms with E-state index in [0.29, 0.717) is 32.4 Å². The Balaban J connectivity index is 1.58. The van der Waals surface area contributed by atoms with Gasteiger partial charge in [-0.3, -0.25) is 9.59 Å². The number of benzene rings is 1. The fraction of sp³-hybridized carbons (Fsp3) is 0.556. The van der Waals surface area contributed by atoms with Crippen molar-refractivity contribution < 1.29 is 18.0 Å². The van der Waals surface area contributed by atoms with Gasteiger partial charge < -0.3 is 10.2 Å². The van der Waals surface area contributed by atoms with E-state index >= 15 is 0 Å². The minimum Gasteiger partial charge on any atom is -0.352 e. The zero-order valence-electron chi connectivity index (χ0n) is 15.0. The molecule has 1 aromatic rings. The van der Waals surface area contributed by atoms with Gasteiger partial charge in [0.2, 0.25) is 21.8 Å². The SMILES string of the molecule is CS(=O)(=O)N1CCCC(C(=O)NCc2cccc(N3CCCC3=O)c2)C1. The molecule has 1 N–H and O–H groups in total. The molecule has 0 saturated carbocycles. The summed E-state index contributed by atoms with van der Waals surface area (Å²) in [5, 5.41) is 2.91. The van der Waals surface area contributed by atoms with Gasteiger partial charge in [-0.1, -0.05) is 12.1 Å². The summed E-state index contributed by atoms with van der Waals surface area (Å²) in [7, 11) is -3.26. The van der Waals surface area contributed by atoms with E-state index in [9.17, 15) is 18.0 Å². The fourth-order valence-corrected chi connectivity index (χ4v) is 4.46. The molecule has 0 spiro atoms. The van der Waals surface area contributed by atoms with Gasteiger partial charge in [0, 0.05) is 38.3 Å². The van der Waals surface area contributed by atoms with Gasteiger partial charge in [-0.2, -0.15) is 0 Å². The van der Waals surface area contributed by atoms with E-state index in [4.69, 9.17) is 0 Å². The van der Waals surface area contributed by atoms with Crippen LogP contribution in [0.25, 0.3) is 0 Å². The van der Waals surface area contributed by atoms with Crippen LogP contribution in [-0.2, 0) is 26.2 Å². The maximum absolute atomic E-state index is 12.4. The number of amides is 2. The first-order chi connectivity index (χ1) is 12.3. The topological polar surface area (TPSA) is 86.8 Å². The van der Waals surface area contributed by atoms with Crippen LogP contribution in [-0.4, -0.2) is 50.4 Å². The molecule has 1 aromatic carbocycles. The number of hydrogen-bond donors (Lipinski definition) is 1. The minimum absolute atomic E-state index is 0.124. The minimum atomic E-state index is -3.26. The molecule has 0 aliphatic carbocycles. The van der Waals surface area contributed by atoms with E-state index < -0.39 is 10.0 Å². The van der Waals surface area contributed by atoms with E-state index in [-0.39, 0.29) is 24.3 Å². The maximum Gasteiger partial charge on any atom is 0.227 e. The van der Waals surface area contributed by atoms with Crippen molar-refractivity contribution in [2.24, 2.45) is 5.92 Å². The lowest BCUT2D eigenvalue weighted by Gasteiger charge is -2.30. The van der Waals surface area contributed by atoms with Gasteiger partial charge in [0.1, 0.15) is 0 Å². The van der Waals surface area contributed by atoms with Crippen LogP contribution in [0.2, 0.25) is 0 Å². The zero-order chi connectivity index (χ0) is 18.7. The normalized spacial score (nSPS) is 21.8. The van der Waals surface area contributed by atoms with E-state index in [1.165, 1.54) is 10.6 Å². The summed E-state index contributed by atoms with van der Waals surface area (Å²) in [4.78, 5) is 26.1. The van der Waals surface area contributed by atoms with Crippen LogP contribution in [0, 0.1) is 5.92 Å². The summed E-state index contributed by atoms with van der Waals surface area (Å²) >= 11 is 0. The average molecular weight is 379 g/mol. The van der Waals surface area contributed by atoms with Gasteiger partial charge in [0.05, 0.1) is 12.2 Å². The quantitative estimate of drug-likeness (QED) is 0.830. The summed E-state index contributed by atoms with van der Waals surface area (Å²) in [6.45, 7) is 1.82. The lowest BCUT2D eigenvalue weighted by molar-refractivity contribution is -0.126. The molecule has 8 heteroatoms. The van der Waals surface area contributed by atoms with E-state index in [0.717, 1.165) is 24.2 Å². The first-order valence-electron chi connectivity index (χ1n) is 8.97.